The summed E-state index contributed by atoms with van der Waals surface area (Å²) in [6.45, 7) is 11.6. The molecule has 10 aromatic rings. The Balaban J connectivity index is 0.976. The first-order valence-corrected chi connectivity index (χ1v) is 30.3. The van der Waals surface area contributed by atoms with Crippen molar-refractivity contribution in [1.29, 1.82) is 0 Å². The summed E-state index contributed by atoms with van der Waals surface area (Å²) in [6, 6.07) is 66.7. The van der Waals surface area contributed by atoms with Crippen LogP contribution in [-0.4, -0.2) is 19.9 Å². The molecular formula is C76H74N4. The normalized spacial score (nSPS) is 13.8. The van der Waals surface area contributed by atoms with Crippen molar-refractivity contribution in [3.8, 4) is 78.8 Å². The molecule has 0 atom stereocenters. The quantitative estimate of drug-likeness (QED) is 0.0757. The monoisotopic (exact) mass is 1040 g/mol. The maximum atomic E-state index is 5.84. The predicted octanol–water partition coefficient (Wildman–Crippen LogP) is 20.1. The lowest BCUT2D eigenvalue weighted by molar-refractivity contribution is 0.660. The molecule has 80 heavy (non-hydrogen) atoms. The van der Waals surface area contributed by atoms with E-state index in [2.05, 4.69) is 211 Å². The van der Waals surface area contributed by atoms with Gasteiger partial charge in [-0.15, -0.1) is 0 Å². The van der Waals surface area contributed by atoms with Gasteiger partial charge in [-0.25, -0.2) is 19.9 Å². The van der Waals surface area contributed by atoms with Gasteiger partial charge in [0.1, 0.15) is 0 Å². The lowest BCUT2D eigenvalue weighted by Gasteiger charge is -2.31. The molecule has 0 amide bonds. The number of fused-ring (bicyclic) bond motifs is 15. The molecule has 0 radical (unpaired) electrons. The fourth-order valence-electron chi connectivity index (χ4n) is 14.1. The maximum absolute atomic E-state index is 5.84. The minimum atomic E-state index is -0.463. The van der Waals surface area contributed by atoms with Gasteiger partial charge in [0, 0.05) is 33.1 Å². The van der Waals surface area contributed by atoms with Crippen LogP contribution in [0.1, 0.15) is 162 Å². The van der Waals surface area contributed by atoms with Crippen LogP contribution in [0.5, 0.6) is 0 Å². The molecule has 0 saturated carbocycles. The van der Waals surface area contributed by atoms with E-state index >= 15 is 0 Å². The van der Waals surface area contributed by atoms with E-state index in [1.165, 1.54) is 161 Å². The number of nitrogens with zero attached hydrogens (tertiary/aromatic N) is 4. The minimum absolute atomic E-state index is 0.339. The topological polar surface area (TPSA) is 51.6 Å². The molecule has 13 rings (SSSR count). The smallest absolute Gasteiger partial charge is 0.164 e. The van der Waals surface area contributed by atoms with Gasteiger partial charge in [-0.1, -0.05) is 232 Å². The van der Waals surface area contributed by atoms with Crippen molar-refractivity contribution >= 4 is 10.9 Å². The number of rotatable bonds is 19. The Kier molecular flexibility index (Phi) is 14.0. The fourth-order valence-corrected chi connectivity index (χ4v) is 14.1. The third-order valence-corrected chi connectivity index (χ3v) is 18.1. The summed E-state index contributed by atoms with van der Waals surface area (Å²) in [7, 11) is 0. The molecule has 4 heteroatoms. The highest BCUT2D eigenvalue weighted by Crippen LogP contribution is 2.64. The van der Waals surface area contributed by atoms with Gasteiger partial charge in [-0.2, -0.15) is 0 Å². The van der Waals surface area contributed by atoms with E-state index < -0.39 is 5.41 Å². The van der Waals surface area contributed by atoms with Crippen LogP contribution in [0.4, 0.5) is 0 Å². The summed E-state index contributed by atoms with van der Waals surface area (Å²) in [5.74, 6) is 2.07. The molecule has 2 heterocycles. The van der Waals surface area contributed by atoms with Gasteiger partial charge in [0.25, 0.3) is 0 Å². The SMILES string of the molecule is CCCCCCc1cccc(-c2nc(-c3cccc(CCCCCC)c3)nc(-c3ccc4nc(-c5ccc6c(c5)C5(c7ccccc7-c7ccccc75)c5cc(CCCCCC)ccc5-6)c5c(c4c3)-c3ccccc3C5(C)C)n2)c1. The highest BCUT2D eigenvalue weighted by molar-refractivity contribution is 6.05. The molecular weight excluding hydrogens is 969 g/mol. The molecule has 0 fully saturated rings. The van der Waals surface area contributed by atoms with E-state index in [9.17, 15) is 0 Å². The third kappa shape index (κ3) is 8.91. The third-order valence-electron chi connectivity index (χ3n) is 18.1. The van der Waals surface area contributed by atoms with E-state index in [-0.39, 0.29) is 5.41 Å². The Morgan fingerprint density at radius 1 is 0.338 bits per heavy atom. The average Bonchev–Trinajstić information content (AvgIpc) is 4.27. The van der Waals surface area contributed by atoms with Crippen LogP contribution in [0.15, 0.2) is 176 Å². The minimum Gasteiger partial charge on any atom is -0.247 e. The van der Waals surface area contributed by atoms with Crippen molar-refractivity contribution in [2.24, 2.45) is 0 Å². The second-order valence-electron chi connectivity index (χ2n) is 23.7. The van der Waals surface area contributed by atoms with Gasteiger partial charge in [-0.3, -0.25) is 0 Å². The van der Waals surface area contributed by atoms with Crippen molar-refractivity contribution in [3.63, 3.8) is 0 Å². The van der Waals surface area contributed by atoms with Crippen LogP contribution >= 0.6 is 0 Å². The summed E-state index contributed by atoms with van der Waals surface area (Å²) in [4.78, 5) is 21.9. The van der Waals surface area contributed by atoms with Gasteiger partial charge < -0.3 is 0 Å². The Labute approximate surface area is 474 Å². The van der Waals surface area contributed by atoms with Gasteiger partial charge in [-0.05, 0) is 158 Å². The lowest BCUT2D eigenvalue weighted by atomic mass is 9.70. The van der Waals surface area contributed by atoms with Crippen molar-refractivity contribution in [1.82, 2.24) is 19.9 Å². The molecule has 2 aromatic heterocycles. The standard InChI is InChI=1S/C76H74N4/c1-6-9-12-15-26-50-29-24-31-54(45-50)72-78-73(55-32-25-30-51(46-55)27-16-13-10-7-2)80-74(79-72)56-41-44-68-62(48-56)69-61-35-20-21-36-63(61)75(4,5)70(69)71(77-68)53-40-43-60-59-42-39-52(28-17-14-11-8-3)47-66(59)76(67(60)49-53)64-37-22-18-33-57(64)58-34-19-23-38-65(58)76/h18-25,29-49H,6-17,26-28H2,1-5H3. The van der Waals surface area contributed by atoms with Crippen molar-refractivity contribution in [2.75, 3.05) is 0 Å². The molecule has 0 unspecified atom stereocenters. The summed E-state index contributed by atoms with van der Waals surface area (Å²) in [5, 5.41) is 1.11. The highest BCUT2D eigenvalue weighted by Gasteiger charge is 2.52. The molecule has 0 saturated heterocycles. The van der Waals surface area contributed by atoms with E-state index in [1.54, 1.807) is 0 Å². The fraction of sp³-hybridized carbons (Fsp3) is 0.289. The molecule has 0 aliphatic heterocycles. The van der Waals surface area contributed by atoms with E-state index in [4.69, 9.17) is 19.9 Å². The predicted molar refractivity (Wildman–Crippen MR) is 334 cm³/mol. The molecule has 8 aromatic carbocycles. The van der Waals surface area contributed by atoms with Crippen LogP contribution in [0.3, 0.4) is 0 Å². The Hall–Kier alpha value is -7.82. The zero-order valence-corrected chi connectivity index (χ0v) is 47.6. The van der Waals surface area contributed by atoms with Gasteiger partial charge in [0.15, 0.2) is 17.5 Å². The molecule has 3 aliphatic rings. The van der Waals surface area contributed by atoms with Gasteiger partial charge >= 0.3 is 0 Å². The van der Waals surface area contributed by atoms with E-state index in [0.29, 0.717) is 17.5 Å². The number of aromatic nitrogens is 4. The molecule has 0 bridgehead atoms. The first-order valence-electron chi connectivity index (χ1n) is 30.3. The molecule has 0 N–H and O–H groups in total. The number of hydrogen-bond donors (Lipinski definition) is 0. The van der Waals surface area contributed by atoms with Gasteiger partial charge in [0.05, 0.1) is 16.6 Å². The highest BCUT2D eigenvalue weighted by atomic mass is 15.0. The summed E-state index contributed by atoms with van der Waals surface area (Å²) in [6.07, 6.45) is 18.0. The van der Waals surface area contributed by atoms with Crippen LogP contribution in [0, 0.1) is 0 Å². The summed E-state index contributed by atoms with van der Waals surface area (Å²) >= 11 is 0. The number of pyridine rings is 1. The molecule has 1 spiro atoms. The largest absolute Gasteiger partial charge is 0.247 e. The van der Waals surface area contributed by atoms with Crippen LogP contribution in [0.25, 0.3) is 89.7 Å². The Morgan fingerprint density at radius 3 is 1.36 bits per heavy atom. The maximum Gasteiger partial charge on any atom is 0.164 e. The molecule has 4 nitrogen and oxygen atoms in total. The lowest BCUT2D eigenvalue weighted by Crippen LogP contribution is -2.26. The summed E-state index contributed by atoms with van der Waals surface area (Å²) < 4.78 is 0. The van der Waals surface area contributed by atoms with E-state index in [1.807, 2.05) is 0 Å². The van der Waals surface area contributed by atoms with Crippen LogP contribution in [0.2, 0.25) is 0 Å². The van der Waals surface area contributed by atoms with Crippen molar-refractivity contribution in [2.45, 2.75) is 142 Å². The molecule has 398 valence electrons. The van der Waals surface area contributed by atoms with Crippen molar-refractivity contribution < 1.29 is 0 Å². The first kappa shape index (κ1) is 51.6. The number of hydrogen-bond acceptors (Lipinski definition) is 4. The number of aryl methyl sites for hydroxylation is 3. The van der Waals surface area contributed by atoms with E-state index in [0.717, 1.165) is 58.1 Å². The second kappa shape index (κ2) is 21.7. The number of unbranched alkanes of at least 4 members (excludes halogenated alkanes) is 9. The zero-order valence-electron chi connectivity index (χ0n) is 47.6. The first-order chi connectivity index (χ1) is 39.3. The van der Waals surface area contributed by atoms with Crippen LogP contribution in [-0.2, 0) is 30.1 Å². The molecule has 3 aliphatic carbocycles. The zero-order chi connectivity index (χ0) is 54.4. The Bertz CT molecular complexity index is 3850. The summed E-state index contributed by atoms with van der Waals surface area (Å²) in [5.41, 5.74) is 25.3. The van der Waals surface area contributed by atoms with Gasteiger partial charge in [0.2, 0.25) is 0 Å². The number of benzene rings is 8. The van der Waals surface area contributed by atoms with Crippen LogP contribution < -0.4 is 0 Å². The second-order valence-corrected chi connectivity index (χ2v) is 23.7. The Morgan fingerprint density at radius 2 is 0.800 bits per heavy atom. The van der Waals surface area contributed by atoms with Crippen molar-refractivity contribution in [3.05, 3.63) is 226 Å². The average molecular weight is 1040 g/mol.